The van der Waals surface area contributed by atoms with Crippen molar-refractivity contribution in [2.75, 3.05) is 13.7 Å². The smallest absolute Gasteiger partial charge is 0.332 e. The highest BCUT2D eigenvalue weighted by Crippen LogP contribution is 2.46. The van der Waals surface area contributed by atoms with E-state index in [-0.39, 0.29) is 30.7 Å². The Morgan fingerprint density at radius 3 is 2.76 bits per heavy atom. The molecule has 49 heavy (non-hydrogen) atoms. The first-order valence-corrected chi connectivity index (χ1v) is 18.1. The van der Waals surface area contributed by atoms with Crippen molar-refractivity contribution >= 4 is 45.2 Å². The van der Waals surface area contributed by atoms with Crippen molar-refractivity contribution in [2.24, 2.45) is 18.9 Å². The molecule has 7 rings (SSSR count). The van der Waals surface area contributed by atoms with E-state index < -0.39 is 35.6 Å². The highest BCUT2D eigenvalue weighted by Gasteiger charge is 2.62. The fourth-order valence-corrected chi connectivity index (χ4v) is 7.92. The molecule has 5 atom stereocenters. The molecule has 2 saturated carbocycles. The zero-order valence-corrected chi connectivity index (χ0v) is 29.0. The van der Waals surface area contributed by atoms with Crippen molar-refractivity contribution in [2.45, 2.75) is 94.9 Å². The summed E-state index contributed by atoms with van der Waals surface area (Å²) in [5.41, 5.74) is 1.10. The third kappa shape index (κ3) is 6.92. The number of allylic oxidation sites excluding steroid dienone is 1. The Morgan fingerprint density at radius 1 is 1.16 bits per heavy atom. The number of nitrogens with zero attached hydrogens (tertiary/aromatic N) is 5. The number of ether oxygens (including phenoxy) is 2. The van der Waals surface area contributed by atoms with Crippen LogP contribution in [0.15, 0.2) is 29.7 Å². The maximum Gasteiger partial charge on any atom is 0.332 e. The van der Waals surface area contributed by atoms with E-state index >= 15 is 0 Å². The van der Waals surface area contributed by atoms with E-state index in [4.69, 9.17) is 19.4 Å². The molecule has 2 aliphatic carbocycles. The van der Waals surface area contributed by atoms with Crippen LogP contribution in [-0.2, 0) is 31.0 Å². The number of hydrogen-bond acceptors (Lipinski definition) is 10. The predicted molar refractivity (Wildman–Crippen MR) is 181 cm³/mol. The van der Waals surface area contributed by atoms with Gasteiger partial charge in [-0.05, 0) is 68.9 Å². The summed E-state index contributed by atoms with van der Waals surface area (Å²) in [6.45, 7) is 2.01. The number of aromatic nitrogens is 4. The molecule has 2 N–H and O–H groups in total. The molecule has 2 aliphatic heterocycles. The Morgan fingerprint density at radius 2 is 2.00 bits per heavy atom. The molecule has 3 aromatic rings. The van der Waals surface area contributed by atoms with Crippen LogP contribution in [0.2, 0.25) is 0 Å². The van der Waals surface area contributed by atoms with Gasteiger partial charge >= 0.3 is 5.97 Å². The van der Waals surface area contributed by atoms with Crippen molar-refractivity contribution in [3.8, 4) is 17.4 Å². The normalized spacial score (nSPS) is 28.1. The lowest BCUT2D eigenvalue weighted by Gasteiger charge is -2.29. The van der Waals surface area contributed by atoms with Crippen LogP contribution < -0.4 is 15.4 Å². The molecule has 5 heterocycles. The van der Waals surface area contributed by atoms with Crippen LogP contribution in [0.25, 0.3) is 21.7 Å². The Hall–Kier alpha value is -4.33. The summed E-state index contributed by atoms with van der Waals surface area (Å²) < 4.78 is 14.2. The molecule has 0 spiro atoms. The van der Waals surface area contributed by atoms with Crippen LogP contribution in [-0.4, -0.2) is 85.7 Å². The molecular formula is C35H43N7O6S. The third-order valence-corrected chi connectivity index (χ3v) is 11.0. The molecule has 0 bridgehead atoms. The number of esters is 1. The Labute approximate surface area is 288 Å². The summed E-state index contributed by atoms with van der Waals surface area (Å²) in [5.74, 6) is -0.420. The van der Waals surface area contributed by atoms with Gasteiger partial charge in [-0.1, -0.05) is 25.0 Å². The second kappa shape index (κ2) is 13.5. The first-order chi connectivity index (χ1) is 23.6. The molecule has 3 amide bonds. The maximum atomic E-state index is 14.4. The van der Waals surface area contributed by atoms with E-state index in [0.717, 1.165) is 60.1 Å². The zero-order valence-electron chi connectivity index (χ0n) is 28.1. The van der Waals surface area contributed by atoms with Crippen LogP contribution in [0.5, 0.6) is 5.88 Å². The first-order valence-electron chi connectivity index (χ1n) is 17.2. The minimum Gasteiger partial charge on any atom is -0.471 e. The van der Waals surface area contributed by atoms with Crippen molar-refractivity contribution in [1.29, 1.82) is 0 Å². The molecule has 4 aliphatic rings. The number of hydrogen-bond donors (Lipinski definition) is 2. The second-order valence-corrected chi connectivity index (χ2v) is 14.8. The Kier molecular flexibility index (Phi) is 9.16. The molecule has 0 aromatic carbocycles. The first kappa shape index (κ1) is 33.2. The molecule has 13 nitrogen and oxygen atoms in total. The van der Waals surface area contributed by atoms with E-state index in [1.165, 1.54) is 23.3 Å². The van der Waals surface area contributed by atoms with Gasteiger partial charge in [-0.15, -0.1) is 11.3 Å². The lowest BCUT2D eigenvalue weighted by atomic mass is 10.0. The minimum atomic E-state index is -1.18. The Balaban J connectivity index is 1.20. The van der Waals surface area contributed by atoms with Crippen molar-refractivity contribution in [1.82, 2.24) is 35.3 Å². The van der Waals surface area contributed by atoms with Gasteiger partial charge in [0.1, 0.15) is 34.1 Å². The van der Waals surface area contributed by atoms with Gasteiger partial charge in [-0.25, -0.2) is 9.78 Å². The topological polar surface area (TPSA) is 158 Å². The monoisotopic (exact) mass is 689 g/mol. The summed E-state index contributed by atoms with van der Waals surface area (Å²) >= 11 is 1.45. The van der Waals surface area contributed by atoms with Crippen LogP contribution in [0, 0.1) is 18.8 Å². The molecule has 260 valence electrons. The number of nitrogens with one attached hydrogen (secondary N) is 2. The van der Waals surface area contributed by atoms with Crippen molar-refractivity contribution in [3.63, 3.8) is 0 Å². The lowest BCUT2D eigenvalue weighted by molar-refractivity contribution is -0.148. The van der Waals surface area contributed by atoms with E-state index in [1.807, 2.05) is 37.6 Å². The second-order valence-electron chi connectivity index (χ2n) is 13.9. The van der Waals surface area contributed by atoms with Gasteiger partial charge in [0.25, 0.3) is 0 Å². The number of aryl methyl sites for hydroxylation is 2. The number of methoxy groups -OCH3 is 1. The van der Waals surface area contributed by atoms with Crippen molar-refractivity contribution < 1.29 is 28.7 Å². The van der Waals surface area contributed by atoms with E-state index in [0.29, 0.717) is 36.9 Å². The molecule has 1 saturated heterocycles. The fraction of sp³-hybridized carbons (Fsp3) is 0.571. The maximum absolute atomic E-state index is 14.4. The summed E-state index contributed by atoms with van der Waals surface area (Å²) in [6.07, 6.45) is 10.4. The van der Waals surface area contributed by atoms with Crippen LogP contribution >= 0.6 is 11.3 Å². The largest absolute Gasteiger partial charge is 0.471 e. The zero-order chi connectivity index (χ0) is 34.3. The average Bonchev–Trinajstić information content (AvgIpc) is 3.83. The average molecular weight is 690 g/mol. The number of carbonyl (C=O) groups excluding carboxylic acids is 4. The summed E-state index contributed by atoms with van der Waals surface area (Å²) in [5, 5.41) is 12.4. The molecule has 3 aromatic heterocycles. The van der Waals surface area contributed by atoms with Gasteiger partial charge in [0, 0.05) is 25.8 Å². The van der Waals surface area contributed by atoms with Crippen LogP contribution in [0.1, 0.15) is 69.9 Å². The van der Waals surface area contributed by atoms with Gasteiger partial charge in [0.2, 0.25) is 23.6 Å². The third-order valence-electron chi connectivity index (χ3n) is 10.1. The molecule has 0 unspecified atom stereocenters. The van der Waals surface area contributed by atoms with Gasteiger partial charge in [-0.2, -0.15) is 10.1 Å². The van der Waals surface area contributed by atoms with Gasteiger partial charge in [-0.3, -0.25) is 19.1 Å². The summed E-state index contributed by atoms with van der Waals surface area (Å²) in [7, 11) is 3.15. The highest BCUT2D eigenvalue weighted by atomic mass is 32.1. The van der Waals surface area contributed by atoms with Gasteiger partial charge in [0.15, 0.2) is 5.82 Å². The van der Waals surface area contributed by atoms with E-state index in [9.17, 15) is 19.2 Å². The number of thiophene rings is 1. The lowest BCUT2D eigenvalue weighted by Crippen LogP contribution is -2.56. The number of amides is 3. The predicted octanol–water partition coefficient (Wildman–Crippen LogP) is 3.60. The van der Waals surface area contributed by atoms with Crippen molar-refractivity contribution in [3.05, 3.63) is 35.4 Å². The Bertz CT molecular complexity index is 1800. The van der Waals surface area contributed by atoms with Gasteiger partial charge in [0.05, 0.1) is 24.9 Å². The minimum absolute atomic E-state index is 0.109. The van der Waals surface area contributed by atoms with Gasteiger partial charge < -0.3 is 25.0 Å². The molecule has 3 fully saturated rings. The number of rotatable bonds is 7. The SMILES string of the molecule is COC(=O)[C@@]12C[C@H]1/C=C\CCCCC[C@H](NC(=O)CC1CC1)C(=O)N1C[C@H](Oc3nc(-c4cc(C)nn4C)nc4ccsc34)C[C@H]1C(=O)N2. The summed E-state index contributed by atoms with van der Waals surface area (Å²) in [4.78, 5) is 65.6. The molecule has 14 heteroatoms. The van der Waals surface area contributed by atoms with E-state index in [1.54, 1.807) is 4.68 Å². The fourth-order valence-electron chi connectivity index (χ4n) is 7.16. The standard InChI is InChI=1S/C35H43N7O6S/c1-20-15-26(41(2)40-20)30-37-24-13-14-49-29(24)32(38-30)48-23-17-27-31(44)39-35(34(46)47-3)18-22(35)9-7-5-4-6-8-10-25(33(45)42(27)19-23)36-28(43)16-21-11-12-21/h7,9,13-15,21-23,25,27H,4-6,8,10-12,16-19H2,1-3H3,(H,36,43)(H,39,44)/b9-7-/t22-,23-,25+,27+,35-/m1/s1. The number of carbonyl (C=O) groups is 4. The van der Waals surface area contributed by atoms with Crippen LogP contribution in [0.3, 0.4) is 0 Å². The quantitative estimate of drug-likeness (QED) is 0.279. The van der Waals surface area contributed by atoms with Crippen LogP contribution in [0.4, 0.5) is 0 Å². The van der Waals surface area contributed by atoms with E-state index in [2.05, 4.69) is 21.8 Å². The molecular weight excluding hydrogens is 646 g/mol. The summed E-state index contributed by atoms with van der Waals surface area (Å²) in [6, 6.07) is 2.10. The molecule has 0 radical (unpaired) electrons. The highest BCUT2D eigenvalue weighted by molar-refractivity contribution is 7.17. The number of fused-ring (bicyclic) bond motifs is 3.